The lowest BCUT2D eigenvalue weighted by atomic mass is 9.98. The summed E-state index contributed by atoms with van der Waals surface area (Å²) in [6.45, 7) is -0.442. The largest absolute Gasteiger partial charge is 0.508 e. The predicted molar refractivity (Wildman–Crippen MR) is 82.9 cm³/mol. The van der Waals surface area contributed by atoms with E-state index >= 15 is 0 Å². The molecule has 0 aliphatic rings. The minimum atomic E-state index is -1.31. The zero-order chi connectivity index (χ0) is 16.8. The van der Waals surface area contributed by atoms with Crippen molar-refractivity contribution in [1.29, 1.82) is 0 Å². The molecule has 0 aliphatic carbocycles. The summed E-state index contributed by atoms with van der Waals surface area (Å²) in [5, 5.41) is 30.7. The van der Waals surface area contributed by atoms with Crippen LogP contribution in [0.1, 0.15) is 23.1 Å². The zero-order valence-corrected chi connectivity index (χ0v) is 12.2. The van der Waals surface area contributed by atoms with Crippen LogP contribution in [0.2, 0.25) is 0 Å². The van der Waals surface area contributed by atoms with Gasteiger partial charge < -0.3 is 20.6 Å². The molecule has 0 aromatic heterocycles. The number of carboxylic acid groups (broad SMARTS) is 1. The molecule has 0 aliphatic heterocycles. The van der Waals surface area contributed by atoms with E-state index in [0.29, 0.717) is 5.56 Å². The summed E-state index contributed by atoms with van der Waals surface area (Å²) in [5.41, 5.74) is 0.836. The Bertz CT molecular complexity index is 686. The van der Waals surface area contributed by atoms with E-state index in [4.69, 9.17) is 0 Å². The summed E-state index contributed by atoms with van der Waals surface area (Å²) >= 11 is 0. The summed E-state index contributed by atoms with van der Waals surface area (Å²) in [6.07, 6.45) is 0. The Kier molecular flexibility index (Phi) is 5.32. The first kappa shape index (κ1) is 16.5. The van der Waals surface area contributed by atoms with Crippen LogP contribution in [0.4, 0.5) is 0 Å². The molecule has 0 bridgehead atoms. The lowest BCUT2D eigenvalue weighted by molar-refractivity contribution is -0.142. The number of benzene rings is 2. The van der Waals surface area contributed by atoms with Gasteiger partial charge in [-0.25, -0.2) is 4.79 Å². The van der Waals surface area contributed by atoms with Crippen LogP contribution in [0.5, 0.6) is 5.75 Å². The summed E-state index contributed by atoms with van der Waals surface area (Å²) in [6, 6.07) is 13.0. The van der Waals surface area contributed by atoms with Gasteiger partial charge in [-0.15, -0.1) is 0 Å². The van der Waals surface area contributed by atoms with E-state index in [1.165, 1.54) is 24.3 Å². The van der Waals surface area contributed by atoms with Gasteiger partial charge in [0.2, 0.25) is 5.91 Å². The number of hydrogen-bond donors (Lipinski definition) is 4. The molecule has 6 nitrogen and oxygen atoms in total. The summed E-state index contributed by atoms with van der Waals surface area (Å²) in [4.78, 5) is 23.8. The quantitative estimate of drug-likeness (QED) is 0.645. The van der Waals surface area contributed by atoms with E-state index in [2.05, 4.69) is 5.32 Å². The van der Waals surface area contributed by atoms with Gasteiger partial charge in [-0.3, -0.25) is 4.79 Å². The van der Waals surface area contributed by atoms with E-state index in [9.17, 15) is 24.9 Å². The fourth-order valence-corrected chi connectivity index (χ4v) is 2.26. The average Bonchev–Trinajstić information content (AvgIpc) is 2.54. The number of phenols is 1. The third kappa shape index (κ3) is 4.08. The molecule has 2 aromatic rings. The van der Waals surface area contributed by atoms with Crippen molar-refractivity contribution >= 4 is 11.9 Å². The Balaban J connectivity index is 2.22. The lowest BCUT2D eigenvalue weighted by Crippen LogP contribution is -2.38. The first-order valence-corrected chi connectivity index (χ1v) is 7.01. The SMILES string of the molecule is O=C(NC(C(=O)O)c1cccc(O)c1)C(CO)c1ccccc1. The number of carbonyl (C=O) groups excluding carboxylic acids is 1. The predicted octanol–water partition coefficient (Wildman–Crippen LogP) is 1.41. The molecule has 0 saturated heterocycles. The molecule has 2 unspecified atom stereocenters. The van der Waals surface area contributed by atoms with E-state index in [1.807, 2.05) is 0 Å². The maximum atomic E-state index is 12.4. The van der Waals surface area contributed by atoms with Crippen molar-refractivity contribution in [2.45, 2.75) is 12.0 Å². The summed E-state index contributed by atoms with van der Waals surface area (Å²) in [5.74, 6) is -2.82. The van der Waals surface area contributed by atoms with Crippen LogP contribution in [0.25, 0.3) is 0 Å². The number of carbonyl (C=O) groups is 2. The van der Waals surface area contributed by atoms with Crippen LogP contribution in [-0.2, 0) is 9.59 Å². The molecule has 0 fully saturated rings. The van der Waals surface area contributed by atoms with Gasteiger partial charge in [-0.2, -0.15) is 0 Å². The highest BCUT2D eigenvalue weighted by atomic mass is 16.4. The monoisotopic (exact) mass is 315 g/mol. The Labute approximate surface area is 133 Å². The molecule has 2 atom stereocenters. The first-order chi connectivity index (χ1) is 11.0. The van der Waals surface area contributed by atoms with Crippen LogP contribution in [0.15, 0.2) is 54.6 Å². The molecule has 4 N–H and O–H groups in total. The third-order valence-electron chi connectivity index (χ3n) is 3.44. The van der Waals surface area contributed by atoms with Crippen molar-refractivity contribution in [2.24, 2.45) is 0 Å². The standard InChI is InChI=1S/C17H17NO5/c19-10-14(11-5-2-1-3-6-11)16(21)18-15(17(22)23)12-7-4-8-13(20)9-12/h1-9,14-15,19-20H,10H2,(H,18,21)(H,22,23). The molecule has 120 valence electrons. The van der Waals surface area contributed by atoms with Gasteiger partial charge in [-0.1, -0.05) is 42.5 Å². The second-order valence-electron chi connectivity index (χ2n) is 5.02. The maximum Gasteiger partial charge on any atom is 0.330 e. The number of hydrogen-bond acceptors (Lipinski definition) is 4. The van der Waals surface area contributed by atoms with Gasteiger partial charge in [0.05, 0.1) is 12.5 Å². The van der Waals surface area contributed by atoms with E-state index in [-0.39, 0.29) is 11.3 Å². The summed E-state index contributed by atoms with van der Waals surface area (Å²) in [7, 11) is 0. The highest BCUT2D eigenvalue weighted by Gasteiger charge is 2.27. The minimum Gasteiger partial charge on any atom is -0.508 e. The van der Waals surface area contributed by atoms with Crippen LogP contribution < -0.4 is 5.32 Å². The molecule has 1 amide bonds. The number of rotatable bonds is 6. The number of carboxylic acids is 1. The van der Waals surface area contributed by atoms with Crippen molar-refractivity contribution in [3.63, 3.8) is 0 Å². The van der Waals surface area contributed by atoms with Gasteiger partial charge in [-0.05, 0) is 23.3 Å². The van der Waals surface area contributed by atoms with Gasteiger partial charge >= 0.3 is 5.97 Å². The van der Waals surface area contributed by atoms with Crippen LogP contribution in [0.3, 0.4) is 0 Å². The van der Waals surface area contributed by atoms with Crippen molar-refractivity contribution in [3.05, 3.63) is 65.7 Å². The number of nitrogens with one attached hydrogen (secondary N) is 1. The average molecular weight is 315 g/mol. The minimum absolute atomic E-state index is 0.0928. The van der Waals surface area contributed by atoms with Crippen molar-refractivity contribution in [1.82, 2.24) is 5.32 Å². The lowest BCUT2D eigenvalue weighted by Gasteiger charge is -2.19. The molecular weight excluding hydrogens is 298 g/mol. The second kappa shape index (κ2) is 7.42. The number of amides is 1. The molecule has 6 heteroatoms. The Morgan fingerprint density at radius 3 is 2.22 bits per heavy atom. The molecule has 0 heterocycles. The van der Waals surface area contributed by atoms with E-state index in [1.54, 1.807) is 30.3 Å². The Morgan fingerprint density at radius 2 is 1.65 bits per heavy atom. The van der Waals surface area contributed by atoms with Crippen LogP contribution >= 0.6 is 0 Å². The van der Waals surface area contributed by atoms with E-state index < -0.39 is 30.4 Å². The van der Waals surface area contributed by atoms with Gasteiger partial charge in [0, 0.05) is 0 Å². The number of aliphatic hydroxyl groups is 1. The van der Waals surface area contributed by atoms with Crippen LogP contribution in [0, 0.1) is 0 Å². The van der Waals surface area contributed by atoms with Crippen molar-refractivity contribution in [3.8, 4) is 5.75 Å². The second-order valence-corrected chi connectivity index (χ2v) is 5.02. The highest BCUT2D eigenvalue weighted by Crippen LogP contribution is 2.21. The number of aliphatic carboxylic acids is 1. The third-order valence-corrected chi connectivity index (χ3v) is 3.44. The van der Waals surface area contributed by atoms with Gasteiger partial charge in [0.25, 0.3) is 0 Å². The fraction of sp³-hybridized carbons (Fsp3) is 0.176. The highest BCUT2D eigenvalue weighted by molar-refractivity contribution is 5.88. The first-order valence-electron chi connectivity index (χ1n) is 7.01. The molecule has 23 heavy (non-hydrogen) atoms. The number of phenolic OH excluding ortho intramolecular Hbond substituents is 1. The van der Waals surface area contributed by atoms with Crippen LogP contribution in [-0.4, -0.2) is 33.8 Å². The Morgan fingerprint density at radius 1 is 1.00 bits per heavy atom. The Hall–Kier alpha value is -2.86. The van der Waals surface area contributed by atoms with Gasteiger partial charge in [0.15, 0.2) is 6.04 Å². The normalized spacial score (nSPS) is 13.1. The molecule has 2 rings (SSSR count). The molecule has 0 saturated carbocycles. The summed E-state index contributed by atoms with van der Waals surface area (Å²) < 4.78 is 0. The maximum absolute atomic E-state index is 12.4. The topological polar surface area (TPSA) is 107 Å². The molecule has 0 radical (unpaired) electrons. The molecule has 0 spiro atoms. The fourth-order valence-electron chi connectivity index (χ4n) is 2.26. The zero-order valence-electron chi connectivity index (χ0n) is 12.2. The smallest absolute Gasteiger partial charge is 0.330 e. The van der Waals surface area contributed by atoms with Crippen molar-refractivity contribution < 1.29 is 24.9 Å². The molecule has 2 aromatic carbocycles. The van der Waals surface area contributed by atoms with Gasteiger partial charge in [0.1, 0.15) is 5.75 Å². The molecular formula is C17H17NO5. The van der Waals surface area contributed by atoms with E-state index in [0.717, 1.165) is 0 Å². The van der Waals surface area contributed by atoms with Crippen molar-refractivity contribution in [2.75, 3.05) is 6.61 Å². The number of aliphatic hydroxyl groups excluding tert-OH is 1. The number of aromatic hydroxyl groups is 1.